The summed E-state index contributed by atoms with van der Waals surface area (Å²) in [5, 5.41) is 14.5. The number of rotatable bonds is 12. The Morgan fingerprint density at radius 3 is 2.38 bits per heavy atom. The molecular formula is C46H45N3O6. The molecule has 3 heterocycles. The second-order valence-electron chi connectivity index (χ2n) is 14.7. The zero-order chi connectivity index (χ0) is 37.7. The number of fused-ring (bicyclic) bond motifs is 1. The van der Waals surface area contributed by atoms with Gasteiger partial charge in [-0.1, -0.05) is 72.8 Å². The van der Waals surface area contributed by atoms with Crippen LogP contribution in [0, 0.1) is 0 Å². The highest BCUT2D eigenvalue weighted by Crippen LogP contribution is 2.40. The lowest BCUT2D eigenvalue weighted by molar-refractivity contribution is -0.142. The topological polar surface area (TPSA) is 108 Å². The Morgan fingerprint density at radius 1 is 0.764 bits per heavy atom. The van der Waals surface area contributed by atoms with Crippen LogP contribution in [0.1, 0.15) is 50.0 Å². The van der Waals surface area contributed by atoms with E-state index in [9.17, 15) is 19.5 Å². The number of carbonyl (C=O) groups is 3. The van der Waals surface area contributed by atoms with Gasteiger partial charge in [0.1, 0.15) is 29.0 Å². The zero-order valence-electron chi connectivity index (χ0n) is 30.8. The van der Waals surface area contributed by atoms with E-state index in [2.05, 4.69) is 83.0 Å². The summed E-state index contributed by atoms with van der Waals surface area (Å²) in [5.41, 5.74) is 5.78. The van der Waals surface area contributed by atoms with E-state index in [0.717, 1.165) is 84.1 Å². The van der Waals surface area contributed by atoms with Gasteiger partial charge < -0.3 is 24.4 Å². The molecule has 3 aliphatic rings. The molecule has 2 fully saturated rings. The third-order valence-corrected chi connectivity index (χ3v) is 11.0. The first-order chi connectivity index (χ1) is 26.9. The lowest BCUT2D eigenvalue weighted by Crippen LogP contribution is -2.53. The third kappa shape index (κ3) is 8.27. The lowest BCUT2D eigenvalue weighted by atomic mass is 9.89. The number of unbranched alkanes of at least 4 members (excludes halogenated alkanes) is 1. The first-order valence-corrected chi connectivity index (χ1v) is 19.3. The maximum Gasteiger partial charge on any atom is 0.251 e. The SMILES string of the molecule is O=C1CCC(N2CC(Oc3cccc(C4CCN(CCCCOc5ccc(-c6c(-c7ccccc7)ccc7cc(O)ccc67)cc5)CC4)c3)=CC2=O)C(=O)N1. The van der Waals surface area contributed by atoms with Gasteiger partial charge in [0, 0.05) is 12.5 Å². The number of amides is 3. The largest absolute Gasteiger partial charge is 0.508 e. The molecule has 1 atom stereocenters. The number of aromatic hydroxyl groups is 1. The van der Waals surface area contributed by atoms with E-state index in [4.69, 9.17) is 9.47 Å². The van der Waals surface area contributed by atoms with Crippen molar-refractivity contribution in [2.24, 2.45) is 0 Å². The number of phenols is 1. The van der Waals surface area contributed by atoms with Crippen molar-refractivity contribution >= 4 is 28.5 Å². The maximum absolute atomic E-state index is 12.7. The standard InChI is InChI=1S/C46H45N3O6/c50-36-14-18-41-35(27-36)13-17-40(32-7-2-1-3-8-32)45(41)33-11-15-37(16-12-33)54-26-5-4-23-48-24-21-31(22-25-48)34-9-6-10-38(28-34)55-39-29-44(52)49(30-39)42-19-20-43(51)47-46(42)53/h1-3,6-18,27-29,31,42,50H,4-5,19-26,30H2,(H,47,51,53). The van der Waals surface area contributed by atoms with Gasteiger partial charge in [-0.3, -0.25) is 19.7 Å². The van der Waals surface area contributed by atoms with E-state index in [1.54, 1.807) is 6.07 Å². The van der Waals surface area contributed by atoms with Crippen LogP contribution >= 0.6 is 0 Å². The van der Waals surface area contributed by atoms with Gasteiger partial charge in [0.25, 0.3) is 5.91 Å². The molecule has 0 spiro atoms. The molecule has 55 heavy (non-hydrogen) atoms. The molecule has 2 saturated heterocycles. The summed E-state index contributed by atoms with van der Waals surface area (Å²) in [6.07, 6.45) is 6.18. The molecule has 0 saturated carbocycles. The summed E-state index contributed by atoms with van der Waals surface area (Å²) < 4.78 is 12.3. The van der Waals surface area contributed by atoms with Crippen LogP contribution in [0.3, 0.4) is 0 Å². The van der Waals surface area contributed by atoms with Gasteiger partial charge in [0.2, 0.25) is 11.8 Å². The highest BCUT2D eigenvalue weighted by molar-refractivity contribution is 6.05. The van der Waals surface area contributed by atoms with Gasteiger partial charge in [-0.15, -0.1) is 0 Å². The van der Waals surface area contributed by atoms with Gasteiger partial charge in [-0.2, -0.15) is 0 Å². The molecule has 3 aliphatic heterocycles. The Morgan fingerprint density at radius 2 is 1.58 bits per heavy atom. The number of nitrogens with one attached hydrogen (secondary N) is 1. The van der Waals surface area contributed by atoms with Crippen LogP contribution in [0.2, 0.25) is 0 Å². The minimum Gasteiger partial charge on any atom is -0.508 e. The Hall–Kier alpha value is -5.93. The second kappa shape index (κ2) is 16.2. The number of nitrogens with zero attached hydrogens (tertiary/aromatic N) is 2. The number of piperidine rings is 2. The number of carbonyl (C=O) groups excluding carboxylic acids is 3. The van der Waals surface area contributed by atoms with E-state index in [1.165, 1.54) is 16.5 Å². The van der Waals surface area contributed by atoms with E-state index >= 15 is 0 Å². The van der Waals surface area contributed by atoms with E-state index in [0.29, 0.717) is 30.5 Å². The number of ether oxygens (including phenoxy) is 2. The van der Waals surface area contributed by atoms with Gasteiger partial charge >= 0.3 is 0 Å². The van der Waals surface area contributed by atoms with Crippen LogP contribution in [0.5, 0.6) is 17.2 Å². The fourth-order valence-electron chi connectivity index (χ4n) is 8.12. The zero-order valence-corrected chi connectivity index (χ0v) is 30.8. The Bertz CT molecular complexity index is 2230. The molecule has 9 nitrogen and oxygen atoms in total. The molecule has 0 aromatic heterocycles. The molecule has 0 aliphatic carbocycles. The van der Waals surface area contributed by atoms with Crippen molar-refractivity contribution in [2.45, 2.75) is 50.5 Å². The van der Waals surface area contributed by atoms with Crippen molar-refractivity contribution in [1.82, 2.24) is 15.1 Å². The Balaban J connectivity index is 0.790. The van der Waals surface area contributed by atoms with Crippen molar-refractivity contribution < 1.29 is 29.0 Å². The highest BCUT2D eigenvalue weighted by atomic mass is 16.5. The smallest absolute Gasteiger partial charge is 0.251 e. The number of phenolic OH excluding ortho intramolecular Hbond substituents is 1. The van der Waals surface area contributed by atoms with Gasteiger partial charge in [-0.05, 0) is 133 Å². The lowest BCUT2D eigenvalue weighted by Gasteiger charge is -2.32. The van der Waals surface area contributed by atoms with Crippen molar-refractivity contribution in [1.29, 1.82) is 0 Å². The predicted molar refractivity (Wildman–Crippen MR) is 213 cm³/mol. The second-order valence-corrected chi connectivity index (χ2v) is 14.7. The van der Waals surface area contributed by atoms with Crippen molar-refractivity contribution in [2.75, 3.05) is 32.8 Å². The van der Waals surface area contributed by atoms with Crippen LogP contribution < -0.4 is 14.8 Å². The normalized spacial score (nSPS) is 18.0. The molecule has 0 radical (unpaired) electrons. The number of hydrogen-bond acceptors (Lipinski definition) is 7. The average molecular weight is 736 g/mol. The molecule has 5 aromatic carbocycles. The molecule has 2 N–H and O–H groups in total. The monoisotopic (exact) mass is 735 g/mol. The van der Waals surface area contributed by atoms with E-state index < -0.39 is 11.9 Å². The minimum absolute atomic E-state index is 0.209. The van der Waals surface area contributed by atoms with Crippen LogP contribution in [0.15, 0.2) is 121 Å². The van der Waals surface area contributed by atoms with Gasteiger partial charge in [0.15, 0.2) is 0 Å². The van der Waals surface area contributed by atoms with Crippen LogP contribution in [-0.4, -0.2) is 71.5 Å². The van der Waals surface area contributed by atoms with E-state index in [1.807, 2.05) is 30.3 Å². The molecular weight excluding hydrogens is 691 g/mol. The fraction of sp³-hybridized carbons (Fsp3) is 0.283. The molecule has 3 amide bonds. The minimum atomic E-state index is -0.654. The molecule has 8 rings (SSSR count). The van der Waals surface area contributed by atoms with Crippen LogP contribution in [0.4, 0.5) is 0 Å². The molecule has 5 aromatic rings. The van der Waals surface area contributed by atoms with Gasteiger partial charge in [-0.25, -0.2) is 0 Å². The summed E-state index contributed by atoms with van der Waals surface area (Å²) in [6, 6.07) is 36.0. The third-order valence-electron chi connectivity index (χ3n) is 11.0. The Labute approximate surface area is 321 Å². The predicted octanol–water partition coefficient (Wildman–Crippen LogP) is 7.83. The summed E-state index contributed by atoms with van der Waals surface area (Å²) in [4.78, 5) is 40.5. The maximum atomic E-state index is 12.7. The van der Waals surface area contributed by atoms with Crippen LogP contribution in [0.25, 0.3) is 33.0 Å². The number of benzene rings is 5. The quantitative estimate of drug-likeness (QED) is 0.0994. The molecule has 0 bridgehead atoms. The number of imide groups is 1. The van der Waals surface area contributed by atoms with Gasteiger partial charge in [0.05, 0.1) is 13.2 Å². The first kappa shape index (κ1) is 36.1. The molecule has 280 valence electrons. The van der Waals surface area contributed by atoms with E-state index in [-0.39, 0.29) is 30.5 Å². The summed E-state index contributed by atoms with van der Waals surface area (Å²) >= 11 is 0. The summed E-state index contributed by atoms with van der Waals surface area (Å²) in [6.45, 7) is 4.00. The fourth-order valence-corrected chi connectivity index (χ4v) is 8.12. The Kier molecular flexibility index (Phi) is 10.6. The molecule has 9 heteroatoms. The number of likely N-dealkylation sites (tertiary alicyclic amines) is 1. The van der Waals surface area contributed by atoms with Crippen molar-refractivity contribution in [3.63, 3.8) is 0 Å². The highest BCUT2D eigenvalue weighted by Gasteiger charge is 2.37. The average Bonchev–Trinajstić information content (AvgIpc) is 3.56. The van der Waals surface area contributed by atoms with Crippen LogP contribution in [-0.2, 0) is 14.4 Å². The van der Waals surface area contributed by atoms with Crippen molar-refractivity contribution in [3.05, 3.63) is 127 Å². The van der Waals surface area contributed by atoms with Crippen molar-refractivity contribution in [3.8, 4) is 39.5 Å². The number of hydrogen-bond donors (Lipinski definition) is 2. The first-order valence-electron chi connectivity index (χ1n) is 19.3. The summed E-state index contributed by atoms with van der Waals surface area (Å²) in [5.74, 6) is 1.75. The molecule has 1 unspecified atom stereocenters. The summed E-state index contributed by atoms with van der Waals surface area (Å²) in [7, 11) is 0.